The number of carbonyl (C=O) groups excluding carboxylic acids is 2. The molecule has 0 heterocycles. The fourth-order valence-corrected chi connectivity index (χ4v) is 3.98. The molecule has 4 aromatic carbocycles. The van der Waals surface area contributed by atoms with E-state index in [0.717, 1.165) is 11.1 Å². The molecule has 2 N–H and O–H groups in total. The first-order chi connectivity index (χ1) is 14.5. The minimum absolute atomic E-state index is 0.0934. The number of rotatable bonds is 2. The van der Waals surface area contributed by atoms with Crippen LogP contribution in [0.15, 0.2) is 84.9 Å². The SMILES string of the molecule is O=C1c2cc(-c3cccc(O)c3)ccc2C(=O)c2c1cccc2-c1cccc(O)c1. The third-order valence-corrected chi connectivity index (χ3v) is 5.38. The highest BCUT2D eigenvalue weighted by molar-refractivity contribution is 6.30. The minimum atomic E-state index is -0.221. The number of fused-ring (bicyclic) bond motifs is 2. The standard InChI is InChI=1S/C26H16O4/c27-18-6-1-4-15(12-18)16-10-11-21-23(14-16)25(29)22-9-3-8-20(24(22)26(21)30)17-5-2-7-19(28)13-17/h1-14,27-28H. The van der Waals surface area contributed by atoms with Crippen LogP contribution in [0.1, 0.15) is 31.8 Å². The van der Waals surface area contributed by atoms with E-state index in [2.05, 4.69) is 0 Å². The molecule has 1 aliphatic rings. The average molecular weight is 392 g/mol. The molecule has 0 fully saturated rings. The second kappa shape index (κ2) is 6.71. The molecule has 0 aliphatic heterocycles. The molecule has 5 rings (SSSR count). The van der Waals surface area contributed by atoms with Crippen LogP contribution in [0.3, 0.4) is 0 Å². The summed E-state index contributed by atoms with van der Waals surface area (Å²) in [7, 11) is 0. The normalized spacial score (nSPS) is 12.4. The number of phenols is 2. The van der Waals surface area contributed by atoms with Gasteiger partial charge in [-0.2, -0.15) is 0 Å². The van der Waals surface area contributed by atoms with Gasteiger partial charge < -0.3 is 10.2 Å². The van der Waals surface area contributed by atoms with Gasteiger partial charge in [0.1, 0.15) is 11.5 Å². The fourth-order valence-electron chi connectivity index (χ4n) is 3.98. The highest BCUT2D eigenvalue weighted by Gasteiger charge is 2.32. The summed E-state index contributed by atoms with van der Waals surface area (Å²) in [6.07, 6.45) is 0. The summed E-state index contributed by atoms with van der Waals surface area (Å²) >= 11 is 0. The molecule has 4 aromatic rings. The largest absolute Gasteiger partial charge is 0.508 e. The van der Waals surface area contributed by atoms with Crippen molar-refractivity contribution in [2.75, 3.05) is 0 Å². The molecule has 4 nitrogen and oxygen atoms in total. The third-order valence-electron chi connectivity index (χ3n) is 5.38. The van der Waals surface area contributed by atoms with Crippen LogP contribution in [-0.4, -0.2) is 21.8 Å². The van der Waals surface area contributed by atoms with Crippen molar-refractivity contribution in [2.24, 2.45) is 0 Å². The van der Waals surface area contributed by atoms with Gasteiger partial charge in [0.05, 0.1) is 0 Å². The lowest BCUT2D eigenvalue weighted by atomic mass is 9.79. The molecular weight excluding hydrogens is 376 g/mol. The molecule has 0 spiro atoms. The molecule has 0 saturated heterocycles. The summed E-state index contributed by atoms with van der Waals surface area (Å²) < 4.78 is 0. The highest BCUT2D eigenvalue weighted by atomic mass is 16.3. The van der Waals surface area contributed by atoms with E-state index in [0.29, 0.717) is 33.4 Å². The molecule has 0 aromatic heterocycles. The Morgan fingerprint density at radius 2 is 1.07 bits per heavy atom. The zero-order chi connectivity index (χ0) is 20.8. The van der Waals surface area contributed by atoms with E-state index in [9.17, 15) is 19.8 Å². The number of hydrogen-bond acceptors (Lipinski definition) is 4. The highest BCUT2D eigenvalue weighted by Crippen LogP contribution is 2.37. The Balaban J connectivity index is 1.67. The van der Waals surface area contributed by atoms with Crippen LogP contribution >= 0.6 is 0 Å². The van der Waals surface area contributed by atoms with Crippen molar-refractivity contribution >= 4 is 11.6 Å². The van der Waals surface area contributed by atoms with Gasteiger partial charge in [-0.25, -0.2) is 0 Å². The van der Waals surface area contributed by atoms with E-state index in [-0.39, 0.29) is 23.1 Å². The first-order valence-electron chi connectivity index (χ1n) is 9.48. The van der Waals surface area contributed by atoms with Gasteiger partial charge in [-0.3, -0.25) is 9.59 Å². The van der Waals surface area contributed by atoms with Crippen LogP contribution in [-0.2, 0) is 0 Å². The van der Waals surface area contributed by atoms with Gasteiger partial charge in [0.15, 0.2) is 11.6 Å². The summed E-state index contributed by atoms with van der Waals surface area (Å²) in [5, 5.41) is 19.6. The zero-order valence-corrected chi connectivity index (χ0v) is 15.8. The van der Waals surface area contributed by atoms with Crippen LogP contribution in [0.25, 0.3) is 22.3 Å². The fraction of sp³-hybridized carbons (Fsp3) is 0. The topological polar surface area (TPSA) is 74.6 Å². The summed E-state index contributed by atoms with van der Waals surface area (Å²) in [5.74, 6) is -0.214. The predicted octanol–water partition coefficient (Wildman–Crippen LogP) is 5.21. The Morgan fingerprint density at radius 3 is 1.80 bits per heavy atom. The van der Waals surface area contributed by atoms with Crippen LogP contribution in [0.2, 0.25) is 0 Å². The maximum atomic E-state index is 13.4. The molecule has 144 valence electrons. The lowest BCUT2D eigenvalue weighted by Crippen LogP contribution is -2.21. The Kier molecular flexibility index (Phi) is 4.00. The summed E-state index contributed by atoms with van der Waals surface area (Å²) in [6, 6.07) is 23.7. The number of phenolic OH excluding ortho intramolecular Hbond substituents is 2. The van der Waals surface area contributed by atoms with Gasteiger partial charge in [0.2, 0.25) is 0 Å². The molecule has 0 atom stereocenters. The maximum absolute atomic E-state index is 13.4. The van der Waals surface area contributed by atoms with Crippen molar-refractivity contribution in [3.63, 3.8) is 0 Å². The van der Waals surface area contributed by atoms with E-state index in [1.807, 2.05) is 6.07 Å². The monoisotopic (exact) mass is 392 g/mol. The van der Waals surface area contributed by atoms with Gasteiger partial charge in [-0.1, -0.05) is 48.5 Å². The van der Waals surface area contributed by atoms with Crippen molar-refractivity contribution in [2.45, 2.75) is 0 Å². The summed E-state index contributed by atoms with van der Waals surface area (Å²) in [4.78, 5) is 26.7. The molecule has 1 aliphatic carbocycles. The lowest BCUT2D eigenvalue weighted by molar-refractivity contribution is 0.0979. The molecule has 0 bridgehead atoms. The quantitative estimate of drug-likeness (QED) is 0.433. The Morgan fingerprint density at radius 1 is 0.467 bits per heavy atom. The van der Waals surface area contributed by atoms with Crippen LogP contribution in [0.5, 0.6) is 11.5 Å². The molecule has 30 heavy (non-hydrogen) atoms. The Hall–Kier alpha value is -4.18. The van der Waals surface area contributed by atoms with Crippen molar-refractivity contribution in [3.05, 3.63) is 107 Å². The van der Waals surface area contributed by atoms with Gasteiger partial charge in [0.25, 0.3) is 0 Å². The first-order valence-corrected chi connectivity index (χ1v) is 9.48. The number of carbonyl (C=O) groups is 2. The van der Waals surface area contributed by atoms with E-state index < -0.39 is 0 Å². The third kappa shape index (κ3) is 2.78. The zero-order valence-electron chi connectivity index (χ0n) is 15.8. The first kappa shape index (κ1) is 17.9. The second-order valence-corrected chi connectivity index (χ2v) is 7.25. The average Bonchev–Trinajstić information content (AvgIpc) is 2.76. The summed E-state index contributed by atoms with van der Waals surface area (Å²) in [5.41, 5.74) is 4.20. The molecule has 0 saturated carbocycles. The van der Waals surface area contributed by atoms with Crippen molar-refractivity contribution in [1.82, 2.24) is 0 Å². The molecule has 0 amide bonds. The van der Waals surface area contributed by atoms with Gasteiger partial charge in [-0.05, 0) is 58.7 Å². The molecular formula is C26H16O4. The number of ketones is 2. The minimum Gasteiger partial charge on any atom is -0.508 e. The maximum Gasteiger partial charge on any atom is 0.195 e. The number of hydrogen-bond donors (Lipinski definition) is 2. The van der Waals surface area contributed by atoms with Crippen LogP contribution in [0.4, 0.5) is 0 Å². The van der Waals surface area contributed by atoms with Crippen molar-refractivity contribution < 1.29 is 19.8 Å². The van der Waals surface area contributed by atoms with Crippen LogP contribution < -0.4 is 0 Å². The van der Waals surface area contributed by atoms with Crippen LogP contribution in [0, 0.1) is 0 Å². The van der Waals surface area contributed by atoms with Crippen molar-refractivity contribution in [3.8, 4) is 33.8 Å². The Bertz CT molecular complexity index is 1350. The second-order valence-electron chi connectivity index (χ2n) is 7.25. The smallest absolute Gasteiger partial charge is 0.195 e. The number of benzene rings is 4. The van der Waals surface area contributed by atoms with Crippen molar-refractivity contribution in [1.29, 1.82) is 0 Å². The molecule has 0 unspecified atom stereocenters. The summed E-state index contributed by atoms with van der Waals surface area (Å²) in [6.45, 7) is 0. The van der Waals surface area contributed by atoms with Gasteiger partial charge >= 0.3 is 0 Å². The van der Waals surface area contributed by atoms with Gasteiger partial charge in [-0.15, -0.1) is 0 Å². The van der Waals surface area contributed by atoms with E-state index in [4.69, 9.17) is 0 Å². The number of aromatic hydroxyl groups is 2. The molecule has 0 radical (unpaired) electrons. The lowest BCUT2D eigenvalue weighted by Gasteiger charge is -2.21. The van der Waals surface area contributed by atoms with E-state index in [1.54, 1.807) is 78.9 Å². The van der Waals surface area contributed by atoms with E-state index >= 15 is 0 Å². The predicted molar refractivity (Wildman–Crippen MR) is 114 cm³/mol. The van der Waals surface area contributed by atoms with E-state index in [1.165, 1.54) is 0 Å². The molecule has 4 heteroatoms. The Labute approximate surface area is 172 Å². The van der Waals surface area contributed by atoms with Gasteiger partial charge in [0, 0.05) is 22.3 Å².